The highest BCUT2D eigenvalue weighted by atomic mass is 28.4. The Morgan fingerprint density at radius 2 is 1.48 bits per heavy atom. The molecule has 2 N–H and O–H groups in total. The van der Waals surface area contributed by atoms with Gasteiger partial charge in [0, 0.05) is 18.3 Å². The number of nitrogens with one attached hydrogen (secondary N) is 2. The summed E-state index contributed by atoms with van der Waals surface area (Å²) in [4.78, 5) is 44.2. The first-order valence-electron chi connectivity index (χ1n) is 17.9. The zero-order chi connectivity index (χ0) is 39.5. The van der Waals surface area contributed by atoms with E-state index >= 15 is 0 Å². The summed E-state index contributed by atoms with van der Waals surface area (Å²) in [6.07, 6.45) is 2.32. The lowest BCUT2D eigenvalue weighted by atomic mass is 9.89. The minimum Gasteiger partial charge on any atom is -0.486 e. The smallest absolute Gasteiger partial charge is 0.431 e. The summed E-state index contributed by atoms with van der Waals surface area (Å²) in [5, 5.41) is 7.49. The second-order valence-corrected chi connectivity index (χ2v) is 22.9. The number of carbonyl (C=O) groups is 3. The van der Waals surface area contributed by atoms with Crippen LogP contribution >= 0.6 is 0 Å². The number of alkyl carbamates (subject to hydrolysis) is 1. The lowest BCUT2D eigenvalue weighted by Gasteiger charge is -2.39. The van der Waals surface area contributed by atoms with Crippen molar-refractivity contribution in [3.8, 4) is 16.9 Å². The van der Waals surface area contributed by atoms with Crippen LogP contribution in [-0.2, 0) is 41.2 Å². The van der Waals surface area contributed by atoms with E-state index in [4.69, 9.17) is 28.2 Å². The molecule has 2 aromatic rings. The van der Waals surface area contributed by atoms with Crippen molar-refractivity contribution in [2.45, 2.75) is 162 Å². The third-order valence-electron chi connectivity index (χ3n) is 8.67. The van der Waals surface area contributed by atoms with Crippen LogP contribution in [0.25, 0.3) is 11.1 Å². The second kappa shape index (κ2) is 15.8. The molecule has 1 unspecified atom stereocenters. The van der Waals surface area contributed by atoms with Gasteiger partial charge in [0.05, 0.1) is 18.8 Å². The molecule has 1 aliphatic rings. The second-order valence-electron chi connectivity index (χ2n) is 18.1. The highest BCUT2D eigenvalue weighted by molar-refractivity contribution is 6.74. The van der Waals surface area contributed by atoms with Gasteiger partial charge in [-0.05, 0) is 123 Å². The average Bonchev–Trinajstić information content (AvgIpc) is 3.43. The summed E-state index contributed by atoms with van der Waals surface area (Å²) >= 11 is 0. The minimum absolute atomic E-state index is 0.0261. The molecule has 1 aliphatic heterocycles. The van der Waals surface area contributed by atoms with Gasteiger partial charge in [0.2, 0.25) is 5.60 Å². The molecule has 1 aromatic heterocycles. The van der Waals surface area contributed by atoms with Gasteiger partial charge < -0.3 is 28.7 Å². The molecule has 14 heteroatoms. The molecule has 0 bridgehead atoms. The molecule has 0 aliphatic carbocycles. The van der Waals surface area contributed by atoms with E-state index in [2.05, 4.69) is 49.8 Å². The van der Waals surface area contributed by atoms with Gasteiger partial charge in [0.1, 0.15) is 28.7 Å². The summed E-state index contributed by atoms with van der Waals surface area (Å²) in [6.45, 7) is 29.1. The number of hydrogen-bond acceptors (Lipinski definition) is 10. The number of amides is 2. The maximum Gasteiger partial charge on any atom is 0.431 e. The lowest BCUT2D eigenvalue weighted by Crippen LogP contribution is -2.58. The van der Waals surface area contributed by atoms with Crippen LogP contribution in [0.15, 0.2) is 30.6 Å². The van der Waals surface area contributed by atoms with E-state index < -0.39 is 55.0 Å². The highest BCUT2D eigenvalue weighted by Gasteiger charge is 2.50. The molecule has 0 saturated heterocycles. The fraction of sp³-hybridized carbons (Fsp3) is 0.684. The van der Waals surface area contributed by atoms with Crippen LogP contribution in [0, 0.1) is 0 Å². The van der Waals surface area contributed by atoms with E-state index in [-0.39, 0.29) is 17.7 Å². The Balaban J connectivity index is 1.80. The summed E-state index contributed by atoms with van der Waals surface area (Å²) in [5.41, 5.74) is 1.22. The standard InChI is InChI=1S/C38H62N4O9Si/c1-34(2,3)47-31(43)38(13,51-41-33(45)49-36(7,8)9)30-19-17-26-20-25(16-18-29(26)46-30)27-21-40-42(23-27)24-28(50-52(14,15)37(10,11)12)22-39-32(44)48-35(4,5)6/h16,18,20-21,23,28,30H,17,19,22,24H2,1-15H3,(H,39,44)(H,41,45)/t28-,30+,38?/m0/s1. The molecule has 3 rings (SSSR count). The number of rotatable bonds is 11. The van der Waals surface area contributed by atoms with E-state index in [9.17, 15) is 14.4 Å². The molecule has 292 valence electrons. The van der Waals surface area contributed by atoms with Gasteiger partial charge in [-0.25, -0.2) is 19.2 Å². The van der Waals surface area contributed by atoms with Crippen LogP contribution < -0.4 is 15.5 Å². The molecule has 0 saturated carbocycles. The maximum atomic E-state index is 13.5. The monoisotopic (exact) mass is 746 g/mol. The molecule has 0 radical (unpaired) electrons. The van der Waals surface area contributed by atoms with Crippen molar-refractivity contribution in [2.75, 3.05) is 6.54 Å². The Kier molecular flexibility index (Phi) is 13.0. The number of carbonyl (C=O) groups excluding carboxylic acids is 3. The van der Waals surface area contributed by atoms with E-state index in [1.165, 1.54) is 0 Å². The molecule has 1 aromatic carbocycles. The molecule has 0 fully saturated rings. The van der Waals surface area contributed by atoms with Crippen LogP contribution in [0.5, 0.6) is 5.75 Å². The van der Waals surface area contributed by atoms with Gasteiger partial charge in [-0.3, -0.25) is 4.68 Å². The molecular formula is C38H62N4O9Si. The third-order valence-corrected chi connectivity index (χ3v) is 13.2. The number of benzene rings is 1. The van der Waals surface area contributed by atoms with Gasteiger partial charge in [-0.1, -0.05) is 26.8 Å². The van der Waals surface area contributed by atoms with Crippen LogP contribution in [0.3, 0.4) is 0 Å². The minimum atomic E-state index is -2.19. The number of aryl methyl sites for hydroxylation is 1. The largest absolute Gasteiger partial charge is 0.486 e. The zero-order valence-corrected chi connectivity index (χ0v) is 34.9. The quantitative estimate of drug-likeness (QED) is 0.101. The summed E-state index contributed by atoms with van der Waals surface area (Å²) < 4.78 is 31.4. The number of nitrogens with zero attached hydrogens (tertiary/aromatic N) is 2. The van der Waals surface area contributed by atoms with E-state index in [1.54, 1.807) is 54.7 Å². The van der Waals surface area contributed by atoms with Gasteiger partial charge >= 0.3 is 18.2 Å². The molecule has 52 heavy (non-hydrogen) atoms. The van der Waals surface area contributed by atoms with E-state index in [0.29, 0.717) is 25.1 Å². The van der Waals surface area contributed by atoms with Crippen LogP contribution in [-0.4, -0.2) is 77.4 Å². The first-order chi connectivity index (χ1) is 23.6. The Hall–Kier alpha value is -3.62. The van der Waals surface area contributed by atoms with Gasteiger partial charge in [-0.15, -0.1) is 0 Å². The number of ether oxygens (including phenoxy) is 4. The summed E-state index contributed by atoms with van der Waals surface area (Å²) in [6, 6.07) is 5.84. The van der Waals surface area contributed by atoms with Gasteiger partial charge in [0.25, 0.3) is 0 Å². The van der Waals surface area contributed by atoms with Crippen molar-refractivity contribution in [1.82, 2.24) is 20.6 Å². The number of esters is 1. The molecular weight excluding hydrogens is 685 g/mol. The fourth-order valence-electron chi connectivity index (χ4n) is 5.09. The summed E-state index contributed by atoms with van der Waals surface area (Å²) in [7, 11) is -2.19. The third kappa shape index (κ3) is 12.5. The maximum absolute atomic E-state index is 13.5. The molecule has 2 heterocycles. The first kappa shape index (κ1) is 42.8. The Morgan fingerprint density at radius 1 is 0.885 bits per heavy atom. The van der Waals surface area contributed by atoms with Crippen molar-refractivity contribution in [3.05, 3.63) is 36.2 Å². The SMILES string of the molecule is CC(C)(C)OC(=O)NC[C@@H](Cn1cc(-c2ccc3c(c2)CC[C@H](C(C)(ONC(=O)OC(C)(C)C)C(=O)OC(C)(C)C)O3)cn1)O[Si](C)(C)C(C)(C)C. The normalized spacial score (nSPS) is 17.2. The van der Waals surface area contributed by atoms with Crippen molar-refractivity contribution < 1.29 is 42.6 Å². The van der Waals surface area contributed by atoms with Crippen LogP contribution in [0.4, 0.5) is 9.59 Å². The molecule has 3 atom stereocenters. The fourth-order valence-corrected chi connectivity index (χ4v) is 6.44. The Labute approximate surface area is 310 Å². The van der Waals surface area contributed by atoms with Crippen molar-refractivity contribution in [2.24, 2.45) is 0 Å². The molecule has 13 nitrogen and oxygen atoms in total. The van der Waals surface area contributed by atoms with Gasteiger partial charge in [-0.2, -0.15) is 10.6 Å². The van der Waals surface area contributed by atoms with Crippen molar-refractivity contribution >= 4 is 26.5 Å². The Morgan fingerprint density at radius 3 is 2.06 bits per heavy atom. The highest BCUT2D eigenvalue weighted by Crippen LogP contribution is 2.38. The zero-order valence-electron chi connectivity index (χ0n) is 33.9. The molecule has 2 amide bonds. The number of fused-ring (bicyclic) bond motifs is 1. The molecule has 0 spiro atoms. The average molecular weight is 747 g/mol. The van der Waals surface area contributed by atoms with E-state index in [1.807, 2.05) is 49.8 Å². The van der Waals surface area contributed by atoms with Crippen molar-refractivity contribution in [3.63, 3.8) is 0 Å². The van der Waals surface area contributed by atoms with Crippen LogP contribution in [0.1, 0.15) is 102 Å². The van der Waals surface area contributed by atoms with Crippen molar-refractivity contribution in [1.29, 1.82) is 0 Å². The topological polar surface area (TPSA) is 148 Å². The Bertz CT molecular complexity index is 1560. The number of hydrogen-bond donors (Lipinski definition) is 2. The predicted octanol–water partition coefficient (Wildman–Crippen LogP) is 7.72. The lowest BCUT2D eigenvalue weighted by molar-refractivity contribution is -0.205. The first-order valence-corrected chi connectivity index (χ1v) is 20.9. The summed E-state index contributed by atoms with van der Waals surface area (Å²) in [5.74, 6) is -0.0789. The van der Waals surface area contributed by atoms with Crippen LogP contribution in [0.2, 0.25) is 18.1 Å². The number of hydroxylamine groups is 1. The predicted molar refractivity (Wildman–Crippen MR) is 201 cm³/mol. The van der Waals surface area contributed by atoms with Gasteiger partial charge in [0.15, 0.2) is 8.32 Å². The number of aromatic nitrogens is 2. The van der Waals surface area contributed by atoms with E-state index in [0.717, 1.165) is 16.7 Å².